The van der Waals surface area contributed by atoms with Gasteiger partial charge < -0.3 is 5.32 Å². The van der Waals surface area contributed by atoms with Gasteiger partial charge >= 0.3 is 0 Å². The number of thiophene rings is 1. The Morgan fingerprint density at radius 1 is 1.45 bits per heavy atom. The summed E-state index contributed by atoms with van der Waals surface area (Å²) < 4.78 is 1.67. The van der Waals surface area contributed by atoms with Gasteiger partial charge in [-0.1, -0.05) is 30.8 Å². The van der Waals surface area contributed by atoms with Gasteiger partial charge in [0.1, 0.15) is 10.9 Å². The highest BCUT2D eigenvalue weighted by Gasteiger charge is 2.26. The summed E-state index contributed by atoms with van der Waals surface area (Å²) in [5, 5.41) is 12.9. The number of nitrogens with one attached hydrogen (secondary N) is 1. The van der Waals surface area contributed by atoms with E-state index in [1.807, 2.05) is 6.92 Å². The molecule has 0 bridgehead atoms. The molecule has 1 aliphatic rings. The smallest absolute Gasteiger partial charge is 0.263 e. The van der Waals surface area contributed by atoms with Crippen LogP contribution < -0.4 is 10.9 Å². The molecule has 0 saturated heterocycles. The van der Waals surface area contributed by atoms with Crippen LogP contribution in [0, 0.1) is 17.2 Å². The van der Waals surface area contributed by atoms with Gasteiger partial charge in [0.25, 0.3) is 5.56 Å². The second kappa shape index (κ2) is 8.85. The number of amides is 1. The van der Waals surface area contributed by atoms with E-state index in [1.165, 1.54) is 22.2 Å². The molecule has 0 aliphatic heterocycles. The molecule has 4 rings (SSSR count). The standard InChI is InChI=1S/C23H24N4O2S2/c1-4-27-22(29)19-16-10-9-13(2)11-18(16)31-21(19)26-23(27)30-14(3)20(28)25-17-8-6-5-7-15(17)12-24/h5-8,13-14H,4,9-11H2,1-3H3,(H,25,28). The number of carbonyl (C=O) groups excluding carboxylic acids is 1. The monoisotopic (exact) mass is 452 g/mol. The van der Waals surface area contributed by atoms with Gasteiger partial charge in [-0.3, -0.25) is 14.2 Å². The summed E-state index contributed by atoms with van der Waals surface area (Å²) in [5.74, 6) is 0.395. The fourth-order valence-corrected chi connectivity index (χ4v) is 6.31. The van der Waals surface area contributed by atoms with Crippen LogP contribution in [0.5, 0.6) is 0 Å². The molecule has 1 aromatic carbocycles. The van der Waals surface area contributed by atoms with E-state index in [2.05, 4.69) is 18.3 Å². The van der Waals surface area contributed by atoms with Crippen LogP contribution in [0.3, 0.4) is 0 Å². The molecule has 2 aromatic heterocycles. The van der Waals surface area contributed by atoms with Crippen LogP contribution in [0.4, 0.5) is 5.69 Å². The average molecular weight is 453 g/mol. The first-order chi connectivity index (χ1) is 14.9. The van der Waals surface area contributed by atoms with E-state index < -0.39 is 5.25 Å². The Kier molecular flexibility index (Phi) is 6.17. The number of aromatic nitrogens is 2. The second-order valence-electron chi connectivity index (χ2n) is 7.88. The van der Waals surface area contributed by atoms with Gasteiger partial charge in [-0.15, -0.1) is 11.3 Å². The molecule has 0 saturated carbocycles. The fourth-order valence-electron chi connectivity index (χ4n) is 3.91. The number of fused-ring (bicyclic) bond motifs is 3. The van der Waals surface area contributed by atoms with Gasteiger partial charge in [0, 0.05) is 11.4 Å². The van der Waals surface area contributed by atoms with Crippen molar-refractivity contribution in [2.24, 2.45) is 5.92 Å². The second-order valence-corrected chi connectivity index (χ2v) is 10.3. The van der Waals surface area contributed by atoms with Crippen molar-refractivity contribution in [3.8, 4) is 6.07 Å². The number of hydrogen-bond donors (Lipinski definition) is 1. The molecule has 0 radical (unpaired) electrons. The summed E-state index contributed by atoms with van der Waals surface area (Å²) in [4.78, 5) is 32.9. The van der Waals surface area contributed by atoms with Gasteiger partial charge in [-0.2, -0.15) is 5.26 Å². The van der Waals surface area contributed by atoms with Crippen molar-refractivity contribution in [3.63, 3.8) is 0 Å². The van der Waals surface area contributed by atoms with Crippen molar-refractivity contribution in [3.05, 3.63) is 50.6 Å². The molecule has 160 valence electrons. The molecule has 0 spiro atoms. The Morgan fingerprint density at radius 3 is 2.97 bits per heavy atom. The molecule has 2 atom stereocenters. The average Bonchev–Trinajstić information content (AvgIpc) is 3.11. The molecule has 0 fully saturated rings. The molecule has 6 nitrogen and oxygen atoms in total. The lowest BCUT2D eigenvalue weighted by Gasteiger charge is -2.18. The number of thioether (sulfide) groups is 1. The van der Waals surface area contributed by atoms with Crippen LogP contribution in [0.2, 0.25) is 0 Å². The molecular formula is C23H24N4O2S2. The van der Waals surface area contributed by atoms with E-state index in [0.717, 1.165) is 29.5 Å². The Morgan fingerprint density at radius 2 is 2.23 bits per heavy atom. The van der Waals surface area contributed by atoms with Crippen LogP contribution in [0.1, 0.15) is 43.2 Å². The summed E-state index contributed by atoms with van der Waals surface area (Å²) in [6.45, 7) is 6.45. The minimum absolute atomic E-state index is 0.00973. The van der Waals surface area contributed by atoms with Crippen molar-refractivity contribution < 1.29 is 4.79 Å². The minimum atomic E-state index is -0.483. The number of aryl methyl sites for hydroxylation is 1. The summed E-state index contributed by atoms with van der Waals surface area (Å²) in [6, 6.07) is 8.99. The summed E-state index contributed by atoms with van der Waals surface area (Å²) in [7, 11) is 0. The highest BCUT2D eigenvalue weighted by Crippen LogP contribution is 2.37. The molecule has 1 aliphatic carbocycles. The van der Waals surface area contributed by atoms with E-state index in [4.69, 9.17) is 4.98 Å². The van der Waals surface area contributed by atoms with Crippen molar-refractivity contribution in [1.82, 2.24) is 9.55 Å². The van der Waals surface area contributed by atoms with Gasteiger partial charge in [0.15, 0.2) is 5.16 Å². The lowest BCUT2D eigenvalue weighted by Crippen LogP contribution is -2.27. The highest BCUT2D eigenvalue weighted by atomic mass is 32.2. The zero-order valence-corrected chi connectivity index (χ0v) is 19.4. The van der Waals surface area contributed by atoms with E-state index in [1.54, 1.807) is 47.1 Å². The highest BCUT2D eigenvalue weighted by molar-refractivity contribution is 8.00. The number of hydrogen-bond acceptors (Lipinski definition) is 6. The van der Waals surface area contributed by atoms with Gasteiger partial charge in [-0.25, -0.2) is 4.98 Å². The maximum Gasteiger partial charge on any atom is 0.263 e. The third-order valence-corrected chi connectivity index (χ3v) is 7.89. The largest absolute Gasteiger partial charge is 0.324 e. The predicted molar refractivity (Wildman–Crippen MR) is 126 cm³/mol. The van der Waals surface area contributed by atoms with Crippen molar-refractivity contribution in [2.75, 3.05) is 5.32 Å². The van der Waals surface area contributed by atoms with E-state index >= 15 is 0 Å². The number of nitriles is 1. The van der Waals surface area contributed by atoms with E-state index in [0.29, 0.717) is 28.9 Å². The van der Waals surface area contributed by atoms with Crippen LogP contribution >= 0.6 is 23.1 Å². The van der Waals surface area contributed by atoms with Gasteiger partial charge in [-0.05, 0) is 56.7 Å². The quantitative estimate of drug-likeness (QED) is 0.452. The molecule has 1 N–H and O–H groups in total. The van der Waals surface area contributed by atoms with Crippen LogP contribution in [-0.4, -0.2) is 20.7 Å². The molecule has 3 aromatic rings. The maximum absolute atomic E-state index is 13.3. The number of rotatable bonds is 5. The Bertz CT molecular complexity index is 1250. The van der Waals surface area contributed by atoms with Crippen molar-refractivity contribution in [2.45, 2.75) is 57.0 Å². The van der Waals surface area contributed by atoms with Gasteiger partial charge in [0.05, 0.1) is 21.9 Å². The molecule has 8 heteroatoms. The number of anilines is 1. The molecular weight excluding hydrogens is 428 g/mol. The molecule has 2 unspecified atom stereocenters. The van der Waals surface area contributed by atoms with E-state index in [-0.39, 0.29) is 11.5 Å². The number of nitrogens with zero attached hydrogens (tertiary/aromatic N) is 3. The van der Waals surface area contributed by atoms with Crippen molar-refractivity contribution >= 4 is 44.9 Å². The summed E-state index contributed by atoms with van der Waals surface area (Å²) >= 11 is 2.89. The van der Waals surface area contributed by atoms with E-state index in [9.17, 15) is 14.9 Å². The molecule has 2 heterocycles. The Hall–Kier alpha value is -2.63. The first kappa shape index (κ1) is 21.6. The van der Waals surface area contributed by atoms with Crippen LogP contribution in [0.25, 0.3) is 10.2 Å². The number of para-hydroxylation sites is 1. The predicted octanol–water partition coefficient (Wildman–Crippen LogP) is 4.59. The topological polar surface area (TPSA) is 87.8 Å². The maximum atomic E-state index is 13.3. The third-order valence-electron chi connectivity index (χ3n) is 5.65. The Balaban J connectivity index is 1.64. The lowest BCUT2D eigenvalue weighted by atomic mass is 9.89. The fraction of sp³-hybridized carbons (Fsp3) is 0.391. The van der Waals surface area contributed by atoms with Crippen molar-refractivity contribution in [1.29, 1.82) is 5.26 Å². The lowest BCUT2D eigenvalue weighted by molar-refractivity contribution is -0.115. The SMILES string of the molecule is CCn1c(SC(C)C(=O)Nc2ccccc2C#N)nc2sc3c(c2c1=O)CCC(C)C3. The Labute approximate surface area is 189 Å². The first-order valence-corrected chi connectivity index (χ1v) is 12.1. The summed E-state index contributed by atoms with van der Waals surface area (Å²) in [6.07, 6.45) is 3.03. The van der Waals surface area contributed by atoms with Gasteiger partial charge in [0.2, 0.25) is 5.91 Å². The van der Waals surface area contributed by atoms with Crippen LogP contribution in [-0.2, 0) is 24.2 Å². The summed E-state index contributed by atoms with van der Waals surface area (Å²) in [5.41, 5.74) is 2.06. The zero-order valence-electron chi connectivity index (χ0n) is 17.8. The zero-order chi connectivity index (χ0) is 22.1. The number of benzene rings is 1. The molecule has 1 amide bonds. The minimum Gasteiger partial charge on any atom is -0.324 e. The third kappa shape index (κ3) is 4.12. The van der Waals surface area contributed by atoms with Crippen LogP contribution in [0.15, 0.2) is 34.2 Å². The number of carbonyl (C=O) groups is 1. The first-order valence-electron chi connectivity index (χ1n) is 10.4. The molecule has 31 heavy (non-hydrogen) atoms. The normalized spacial score (nSPS) is 16.5.